The smallest absolute Gasteiger partial charge is 0.232 e. The summed E-state index contributed by atoms with van der Waals surface area (Å²) in [5, 5.41) is 6.58. The van der Waals surface area contributed by atoms with Crippen LogP contribution < -0.4 is 10.6 Å². The largest absolute Gasteiger partial charge is 0.326 e. The van der Waals surface area contributed by atoms with Crippen molar-refractivity contribution in [3.8, 4) is 0 Å². The lowest BCUT2D eigenvalue weighted by Gasteiger charge is -2.37. The topological polar surface area (TPSA) is 54.0 Å². The van der Waals surface area contributed by atoms with E-state index in [1.165, 1.54) is 19.3 Å². The molecule has 0 unspecified atom stereocenters. The van der Waals surface area contributed by atoms with Crippen molar-refractivity contribution in [3.05, 3.63) is 23.7 Å². The van der Waals surface area contributed by atoms with Gasteiger partial charge in [0, 0.05) is 12.2 Å². The van der Waals surface area contributed by atoms with Crippen molar-refractivity contribution < 1.29 is 4.79 Å². The zero-order valence-corrected chi connectivity index (χ0v) is 13.9. The number of hydrogen-bond donors (Lipinski definition) is 2. The van der Waals surface area contributed by atoms with E-state index in [4.69, 9.17) is 0 Å². The maximum absolute atomic E-state index is 12.9. The SMILES string of the molecule is Cl.O=C(Nc1ccc2ncsc2c1)[C@@]12CCCC[C@H]1CNC2. The van der Waals surface area contributed by atoms with Crippen molar-refractivity contribution in [3.63, 3.8) is 0 Å². The first-order chi connectivity index (χ1) is 10.3. The summed E-state index contributed by atoms with van der Waals surface area (Å²) >= 11 is 1.61. The molecule has 0 bridgehead atoms. The van der Waals surface area contributed by atoms with Crippen LogP contribution in [0, 0.1) is 11.3 Å². The minimum Gasteiger partial charge on any atom is -0.326 e. The summed E-state index contributed by atoms with van der Waals surface area (Å²) in [7, 11) is 0. The summed E-state index contributed by atoms with van der Waals surface area (Å²) in [6.45, 7) is 1.81. The summed E-state index contributed by atoms with van der Waals surface area (Å²) in [6.07, 6.45) is 4.61. The maximum Gasteiger partial charge on any atom is 0.232 e. The van der Waals surface area contributed by atoms with Gasteiger partial charge in [0.15, 0.2) is 0 Å². The number of carbonyl (C=O) groups is 1. The molecule has 1 amide bonds. The van der Waals surface area contributed by atoms with E-state index < -0.39 is 0 Å². The molecule has 2 fully saturated rings. The van der Waals surface area contributed by atoms with Crippen LogP contribution >= 0.6 is 23.7 Å². The van der Waals surface area contributed by atoms with E-state index in [1.54, 1.807) is 11.3 Å². The Bertz CT molecular complexity index is 689. The van der Waals surface area contributed by atoms with Gasteiger partial charge in [0.05, 0.1) is 21.1 Å². The van der Waals surface area contributed by atoms with E-state index in [0.717, 1.165) is 35.4 Å². The highest BCUT2D eigenvalue weighted by molar-refractivity contribution is 7.16. The fourth-order valence-corrected chi connectivity index (χ4v) is 4.60. The molecule has 22 heavy (non-hydrogen) atoms. The van der Waals surface area contributed by atoms with Gasteiger partial charge < -0.3 is 10.6 Å². The number of aromatic nitrogens is 1. The number of benzene rings is 1. The average Bonchev–Trinajstić information content (AvgIpc) is 3.13. The molecule has 1 aromatic heterocycles. The van der Waals surface area contributed by atoms with Crippen LogP contribution in [0.25, 0.3) is 10.2 Å². The number of rotatable bonds is 2. The van der Waals surface area contributed by atoms with Gasteiger partial charge in [-0.05, 0) is 43.5 Å². The first-order valence-electron chi connectivity index (χ1n) is 7.63. The fraction of sp³-hybridized carbons (Fsp3) is 0.500. The lowest BCUT2D eigenvalue weighted by atomic mass is 9.67. The zero-order chi connectivity index (χ0) is 14.3. The molecule has 0 radical (unpaired) electrons. The highest BCUT2D eigenvalue weighted by Gasteiger charge is 2.49. The van der Waals surface area contributed by atoms with Crippen LogP contribution in [0.4, 0.5) is 5.69 Å². The van der Waals surface area contributed by atoms with E-state index in [2.05, 4.69) is 15.6 Å². The van der Waals surface area contributed by atoms with Crippen molar-refractivity contribution in [2.24, 2.45) is 11.3 Å². The van der Waals surface area contributed by atoms with Gasteiger partial charge >= 0.3 is 0 Å². The molecule has 1 aliphatic heterocycles. The van der Waals surface area contributed by atoms with Crippen LogP contribution in [-0.2, 0) is 4.79 Å². The van der Waals surface area contributed by atoms with Crippen molar-refractivity contribution in [2.75, 3.05) is 18.4 Å². The third kappa shape index (κ3) is 2.51. The second kappa shape index (κ2) is 6.14. The summed E-state index contributed by atoms with van der Waals surface area (Å²) in [4.78, 5) is 17.2. The molecule has 2 atom stereocenters. The van der Waals surface area contributed by atoms with Crippen LogP contribution in [0.5, 0.6) is 0 Å². The lowest BCUT2D eigenvalue weighted by molar-refractivity contribution is -0.128. The predicted molar refractivity (Wildman–Crippen MR) is 92.8 cm³/mol. The Morgan fingerprint density at radius 1 is 1.41 bits per heavy atom. The highest BCUT2D eigenvalue weighted by Crippen LogP contribution is 2.44. The lowest BCUT2D eigenvalue weighted by Crippen LogP contribution is -2.44. The Kier molecular flexibility index (Phi) is 4.39. The van der Waals surface area contributed by atoms with Gasteiger partial charge in [0.25, 0.3) is 0 Å². The number of nitrogens with zero attached hydrogens (tertiary/aromatic N) is 1. The van der Waals surface area contributed by atoms with Gasteiger partial charge in [-0.1, -0.05) is 12.8 Å². The van der Waals surface area contributed by atoms with Gasteiger partial charge in [0.2, 0.25) is 5.91 Å². The Labute approximate surface area is 140 Å². The number of carbonyl (C=O) groups excluding carboxylic acids is 1. The zero-order valence-electron chi connectivity index (χ0n) is 12.3. The molecule has 118 valence electrons. The van der Waals surface area contributed by atoms with Gasteiger partial charge in [-0.3, -0.25) is 4.79 Å². The molecule has 4 nitrogen and oxygen atoms in total. The van der Waals surface area contributed by atoms with Crippen molar-refractivity contribution >= 4 is 45.6 Å². The minimum absolute atomic E-state index is 0. The van der Waals surface area contributed by atoms with E-state index in [9.17, 15) is 4.79 Å². The van der Waals surface area contributed by atoms with E-state index in [-0.39, 0.29) is 23.7 Å². The average molecular weight is 338 g/mol. The highest BCUT2D eigenvalue weighted by atomic mass is 35.5. The summed E-state index contributed by atoms with van der Waals surface area (Å²) in [5.41, 5.74) is 3.53. The monoisotopic (exact) mass is 337 g/mol. The molecular formula is C16H20ClN3OS. The van der Waals surface area contributed by atoms with Gasteiger partial charge in [-0.25, -0.2) is 4.98 Å². The Balaban J connectivity index is 0.00000144. The van der Waals surface area contributed by atoms with E-state index in [0.29, 0.717) is 5.92 Å². The molecular weight excluding hydrogens is 318 g/mol. The Morgan fingerprint density at radius 2 is 2.32 bits per heavy atom. The van der Waals surface area contributed by atoms with Crippen molar-refractivity contribution in [1.29, 1.82) is 0 Å². The number of amides is 1. The van der Waals surface area contributed by atoms with Crippen molar-refractivity contribution in [2.45, 2.75) is 25.7 Å². The number of thiazole rings is 1. The molecule has 4 rings (SSSR count). The molecule has 1 saturated carbocycles. The first-order valence-corrected chi connectivity index (χ1v) is 8.51. The molecule has 1 saturated heterocycles. The van der Waals surface area contributed by atoms with Crippen LogP contribution in [0.15, 0.2) is 23.7 Å². The van der Waals surface area contributed by atoms with Gasteiger partial charge in [-0.15, -0.1) is 23.7 Å². The van der Waals surface area contributed by atoms with Crippen molar-refractivity contribution in [1.82, 2.24) is 10.3 Å². The molecule has 1 aliphatic carbocycles. The van der Waals surface area contributed by atoms with Crippen LogP contribution in [0.1, 0.15) is 25.7 Å². The molecule has 2 aliphatic rings. The number of halogens is 1. The van der Waals surface area contributed by atoms with E-state index in [1.807, 2.05) is 23.7 Å². The normalized spacial score (nSPS) is 27.2. The Morgan fingerprint density at radius 3 is 3.23 bits per heavy atom. The predicted octanol–water partition coefficient (Wildman–Crippen LogP) is 3.44. The molecule has 2 N–H and O–H groups in total. The fourth-order valence-electron chi connectivity index (χ4n) is 3.88. The first kappa shape index (κ1) is 15.7. The molecule has 1 aromatic carbocycles. The number of fused-ring (bicyclic) bond motifs is 2. The molecule has 2 heterocycles. The number of hydrogen-bond acceptors (Lipinski definition) is 4. The van der Waals surface area contributed by atoms with Crippen LogP contribution in [-0.4, -0.2) is 24.0 Å². The maximum atomic E-state index is 12.9. The molecule has 6 heteroatoms. The van der Waals surface area contributed by atoms with Crippen LogP contribution in [0.3, 0.4) is 0 Å². The number of nitrogens with one attached hydrogen (secondary N) is 2. The third-order valence-corrected chi connectivity index (χ3v) is 5.87. The standard InChI is InChI=1S/C16H19N3OS.ClH/c20-15(16-6-2-1-3-11(16)8-17-9-16)19-12-4-5-13-14(7-12)21-10-18-13;/h4-5,7,10-11,17H,1-3,6,8-9H2,(H,19,20);1H/t11-,16+;/m0./s1. The third-order valence-electron chi connectivity index (χ3n) is 5.08. The summed E-state index contributed by atoms with van der Waals surface area (Å²) in [5.74, 6) is 0.694. The quantitative estimate of drug-likeness (QED) is 0.882. The Hall–Kier alpha value is -1.17. The minimum atomic E-state index is -0.194. The second-order valence-corrected chi connectivity index (χ2v) is 7.11. The van der Waals surface area contributed by atoms with E-state index >= 15 is 0 Å². The van der Waals surface area contributed by atoms with Gasteiger partial charge in [0.1, 0.15) is 0 Å². The summed E-state index contributed by atoms with van der Waals surface area (Å²) in [6, 6.07) is 5.96. The molecule has 0 spiro atoms. The number of anilines is 1. The summed E-state index contributed by atoms with van der Waals surface area (Å²) < 4.78 is 1.12. The molecule has 2 aromatic rings. The second-order valence-electron chi connectivity index (χ2n) is 6.22. The van der Waals surface area contributed by atoms with Crippen LogP contribution in [0.2, 0.25) is 0 Å². The van der Waals surface area contributed by atoms with Gasteiger partial charge in [-0.2, -0.15) is 0 Å².